The molecule has 2 fully saturated rings. The Morgan fingerprint density at radius 3 is 2.48 bits per heavy atom. The predicted octanol–water partition coefficient (Wildman–Crippen LogP) is 4.31. The van der Waals surface area contributed by atoms with E-state index in [1.165, 1.54) is 0 Å². The van der Waals surface area contributed by atoms with Crippen LogP contribution in [0.4, 0.5) is 10.5 Å². The van der Waals surface area contributed by atoms with E-state index in [2.05, 4.69) is 10.6 Å². The molecule has 0 spiro atoms. The average molecular weight is 421 g/mol. The fourth-order valence-electron chi connectivity index (χ4n) is 4.42. The SMILES string of the molecule is C[C@]1(C2CCCCC2)NC(=O)N(CC(=O)Nc2ccccc2Oc2ccccc2)C1=O. The van der Waals surface area contributed by atoms with E-state index in [1.807, 2.05) is 30.3 Å². The van der Waals surface area contributed by atoms with E-state index in [4.69, 9.17) is 4.74 Å². The van der Waals surface area contributed by atoms with Crippen LogP contribution in [0, 0.1) is 5.92 Å². The molecule has 0 radical (unpaired) electrons. The van der Waals surface area contributed by atoms with Crippen LogP contribution < -0.4 is 15.4 Å². The fraction of sp³-hybridized carbons (Fsp3) is 0.375. The highest BCUT2D eigenvalue weighted by Crippen LogP contribution is 2.36. The van der Waals surface area contributed by atoms with Gasteiger partial charge in [-0.25, -0.2) is 4.79 Å². The van der Waals surface area contributed by atoms with E-state index >= 15 is 0 Å². The average Bonchev–Trinajstić information content (AvgIpc) is 3.00. The minimum atomic E-state index is -0.938. The maximum atomic E-state index is 13.1. The number of ether oxygens (including phenoxy) is 1. The second-order valence-corrected chi connectivity index (χ2v) is 8.32. The number of nitrogens with zero attached hydrogens (tertiary/aromatic N) is 1. The summed E-state index contributed by atoms with van der Waals surface area (Å²) in [6, 6.07) is 15.8. The molecule has 7 heteroatoms. The Morgan fingerprint density at radius 1 is 1.06 bits per heavy atom. The first kappa shape index (κ1) is 20.9. The minimum Gasteiger partial charge on any atom is -0.455 e. The number of carbonyl (C=O) groups excluding carboxylic acids is 3. The van der Waals surface area contributed by atoms with Gasteiger partial charge in [0.1, 0.15) is 17.8 Å². The van der Waals surface area contributed by atoms with Crippen LogP contribution in [0.5, 0.6) is 11.5 Å². The number of benzene rings is 2. The summed E-state index contributed by atoms with van der Waals surface area (Å²) >= 11 is 0. The van der Waals surface area contributed by atoms with E-state index < -0.39 is 17.5 Å². The van der Waals surface area contributed by atoms with Gasteiger partial charge >= 0.3 is 6.03 Å². The highest BCUT2D eigenvalue weighted by Gasteiger charge is 2.52. The first-order chi connectivity index (χ1) is 15.0. The van der Waals surface area contributed by atoms with Crippen LogP contribution in [0.2, 0.25) is 0 Å². The molecule has 2 N–H and O–H groups in total. The molecule has 2 aromatic carbocycles. The van der Waals surface area contributed by atoms with Crippen molar-refractivity contribution in [1.82, 2.24) is 10.2 Å². The molecule has 0 bridgehead atoms. The number of imide groups is 1. The Balaban J connectivity index is 1.43. The molecule has 1 atom stereocenters. The van der Waals surface area contributed by atoms with Crippen LogP contribution in [0.3, 0.4) is 0 Å². The number of hydrogen-bond donors (Lipinski definition) is 2. The Labute approximate surface area is 181 Å². The van der Waals surface area contributed by atoms with Gasteiger partial charge in [0.25, 0.3) is 5.91 Å². The monoisotopic (exact) mass is 421 g/mol. The van der Waals surface area contributed by atoms with Gasteiger partial charge < -0.3 is 15.4 Å². The van der Waals surface area contributed by atoms with Crippen LogP contribution in [0.15, 0.2) is 54.6 Å². The molecule has 2 aromatic rings. The predicted molar refractivity (Wildman–Crippen MR) is 117 cm³/mol. The second-order valence-electron chi connectivity index (χ2n) is 8.32. The van der Waals surface area contributed by atoms with Crippen molar-refractivity contribution in [3.8, 4) is 11.5 Å². The summed E-state index contributed by atoms with van der Waals surface area (Å²) in [6.07, 6.45) is 5.09. The minimum absolute atomic E-state index is 0.103. The second kappa shape index (κ2) is 8.79. The first-order valence-electron chi connectivity index (χ1n) is 10.7. The summed E-state index contributed by atoms with van der Waals surface area (Å²) in [5.74, 6) is 0.437. The van der Waals surface area contributed by atoms with Gasteiger partial charge in [-0.1, -0.05) is 49.6 Å². The number of anilines is 1. The molecule has 1 saturated heterocycles. The molecule has 31 heavy (non-hydrogen) atoms. The summed E-state index contributed by atoms with van der Waals surface area (Å²) in [4.78, 5) is 39.3. The lowest BCUT2D eigenvalue weighted by atomic mass is 9.75. The number of hydrogen-bond acceptors (Lipinski definition) is 4. The van der Waals surface area contributed by atoms with Crippen molar-refractivity contribution in [3.05, 3.63) is 54.6 Å². The van der Waals surface area contributed by atoms with Crippen LogP contribution in [0.25, 0.3) is 0 Å². The summed E-state index contributed by atoms with van der Waals surface area (Å²) in [5.41, 5.74) is -0.468. The largest absolute Gasteiger partial charge is 0.455 e. The highest BCUT2D eigenvalue weighted by atomic mass is 16.5. The number of carbonyl (C=O) groups is 3. The molecule has 1 saturated carbocycles. The van der Waals surface area contributed by atoms with Crippen molar-refractivity contribution in [2.24, 2.45) is 5.92 Å². The quantitative estimate of drug-likeness (QED) is 0.681. The number of amides is 4. The molecule has 1 aliphatic heterocycles. The number of urea groups is 1. The third kappa shape index (κ3) is 4.40. The van der Waals surface area contributed by atoms with E-state index in [-0.39, 0.29) is 18.4 Å². The van der Waals surface area contributed by atoms with E-state index in [1.54, 1.807) is 31.2 Å². The number of para-hydroxylation sites is 3. The molecule has 0 unspecified atom stereocenters. The molecule has 4 amide bonds. The van der Waals surface area contributed by atoms with Crippen LogP contribution in [-0.2, 0) is 9.59 Å². The lowest BCUT2D eigenvalue weighted by Crippen LogP contribution is -2.51. The third-order valence-electron chi connectivity index (χ3n) is 6.16. The zero-order valence-electron chi connectivity index (χ0n) is 17.6. The van der Waals surface area contributed by atoms with Crippen molar-refractivity contribution >= 4 is 23.5 Å². The lowest BCUT2D eigenvalue weighted by Gasteiger charge is -2.34. The maximum absolute atomic E-state index is 13.1. The smallest absolute Gasteiger partial charge is 0.325 e. The topological polar surface area (TPSA) is 87.7 Å². The summed E-state index contributed by atoms with van der Waals surface area (Å²) < 4.78 is 5.86. The standard InChI is InChI=1S/C24H27N3O4/c1-24(17-10-4-2-5-11-17)22(29)27(23(30)26-24)16-21(28)25-19-14-8-9-15-20(19)31-18-12-6-3-7-13-18/h3,6-9,12-15,17H,2,4-5,10-11,16H2,1H3,(H,25,28)(H,26,30)/t24-/m1/s1. The molecule has 0 aromatic heterocycles. The summed E-state index contributed by atoms with van der Waals surface area (Å²) in [5, 5.41) is 5.61. The Morgan fingerprint density at radius 2 is 1.74 bits per heavy atom. The van der Waals surface area contributed by atoms with Crippen molar-refractivity contribution in [2.75, 3.05) is 11.9 Å². The van der Waals surface area contributed by atoms with Gasteiger partial charge in [0.05, 0.1) is 5.69 Å². The maximum Gasteiger partial charge on any atom is 0.325 e. The van der Waals surface area contributed by atoms with Crippen LogP contribution >= 0.6 is 0 Å². The Hall–Kier alpha value is -3.35. The normalized spacial score (nSPS) is 21.6. The van der Waals surface area contributed by atoms with Gasteiger partial charge in [0, 0.05) is 0 Å². The molecule has 1 aliphatic carbocycles. The van der Waals surface area contributed by atoms with Gasteiger partial charge in [-0.2, -0.15) is 0 Å². The summed E-state index contributed by atoms with van der Waals surface area (Å²) in [7, 11) is 0. The Kier molecular flexibility index (Phi) is 5.93. The molecule has 7 nitrogen and oxygen atoms in total. The fourth-order valence-corrected chi connectivity index (χ4v) is 4.42. The van der Waals surface area contributed by atoms with E-state index in [0.717, 1.165) is 37.0 Å². The van der Waals surface area contributed by atoms with Crippen molar-refractivity contribution in [2.45, 2.75) is 44.6 Å². The highest BCUT2D eigenvalue weighted by molar-refractivity contribution is 6.10. The summed E-state index contributed by atoms with van der Waals surface area (Å²) in [6.45, 7) is 1.44. The van der Waals surface area contributed by atoms with E-state index in [0.29, 0.717) is 17.2 Å². The molecule has 162 valence electrons. The Bertz CT molecular complexity index is 972. The van der Waals surface area contributed by atoms with Crippen molar-refractivity contribution < 1.29 is 19.1 Å². The molecular weight excluding hydrogens is 394 g/mol. The molecule has 2 aliphatic rings. The first-order valence-corrected chi connectivity index (χ1v) is 10.7. The van der Waals surface area contributed by atoms with Gasteiger partial charge in [-0.3, -0.25) is 14.5 Å². The van der Waals surface area contributed by atoms with Crippen molar-refractivity contribution in [3.63, 3.8) is 0 Å². The number of nitrogens with one attached hydrogen (secondary N) is 2. The van der Waals surface area contributed by atoms with Gasteiger partial charge in [-0.15, -0.1) is 0 Å². The van der Waals surface area contributed by atoms with Crippen molar-refractivity contribution in [1.29, 1.82) is 0 Å². The van der Waals surface area contributed by atoms with Gasteiger partial charge in [0.15, 0.2) is 5.75 Å². The lowest BCUT2D eigenvalue weighted by molar-refractivity contribution is -0.135. The van der Waals surface area contributed by atoms with Crippen LogP contribution in [-0.4, -0.2) is 34.8 Å². The van der Waals surface area contributed by atoms with E-state index in [9.17, 15) is 14.4 Å². The molecular formula is C24H27N3O4. The zero-order valence-corrected chi connectivity index (χ0v) is 17.6. The van der Waals surface area contributed by atoms with Gasteiger partial charge in [-0.05, 0) is 49.9 Å². The third-order valence-corrected chi connectivity index (χ3v) is 6.16. The molecule has 1 heterocycles. The number of rotatable bonds is 6. The van der Waals surface area contributed by atoms with Gasteiger partial charge in [0.2, 0.25) is 5.91 Å². The zero-order chi connectivity index (χ0) is 21.8. The van der Waals surface area contributed by atoms with Crippen LogP contribution in [0.1, 0.15) is 39.0 Å². The molecule has 4 rings (SSSR count).